The highest BCUT2D eigenvalue weighted by atomic mass is 16.3. The van der Waals surface area contributed by atoms with Crippen LogP contribution in [0.3, 0.4) is 0 Å². The minimum absolute atomic E-state index is 0.00763. The maximum atomic E-state index is 15.1. The molecule has 0 aromatic heterocycles. The predicted octanol–water partition coefficient (Wildman–Crippen LogP) is 1.90. The summed E-state index contributed by atoms with van der Waals surface area (Å²) in [6.07, 6.45) is 0.818. The molecule has 1 fully saturated rings. The van der Waals surface area contributed by atoms with Gasteiger partial charge < -0.3 is 71.7 Å². The number of likely N-dealkylation sites (N-methyl/N-ethyl adjacent to an activating group) is 5. The molecule has 0 aromatic rings. The van der Waals surface area contributed by atoms with Crippen molar-refractivity contribution in [2.75, 3.05) is 41.8 Å². The van der Waals surface area contributed by atoms with Gasteiger partial charge in [-0.15, -0.1) is 0 Å². The van der Waals surface area contributed by atoms with Gasteiger partial charge >= 0.3 is 0 Å². The molecule has 88 heavy (non-hydrogen) atoms. The van der Waals surface area contributed by atoms with E-state index in [0.29, 0.717) is 0 Å². The first-order chi connectivity index (χ1) is 40.5. The summed E-state index contributed by atoms with van der Waals surface area (Å²) in [5.74, 6) is -12.9. The summed E-state index contributed by atoms with van der Waals surface area (Å²) >= 11 is 0. The first-order valence-corrected chi connectivity index (χ1v) is 31.3. The summed E-state index contributed by atoms with van der Waals surface area (Å²) in [7, 11) is 6.63. The van der Waals surface area contributed by atoms with E-state index in [-0.39, 0.29) is 68.1 Å². The second-order valence-corrected chi connectivity index (χ2v) is 27.1. The molecule has 9 N–H and O–H groups in total. The molecule has 1 rings (SSSR count). The fourth-order valence-corrected chi connectivity index (χ4v) is 10.7. The normalized spacial score (nSPS) is 27.4. The van der Waals surface area contributed by atoms with Crippen LogP contribution in [-0.2, 0) is 52.7 Å². The van der Waals surface area contributed by atoms with Gasteiger partial charge in [-0.2, -0.15) is 0 Å². The van der Waals surface area contributed by atoms with E-state index >= 15 is 4.79 Å². The number of nitrogens with one attached hydrogen (secondary N) is 6. The number of rotatable bonds is 17. The van der Waals surface area contributed by atoms with Crippen LogP contribution in [0.1, 0.15) is 163 Å². The zero-order chi connectivity index (χ0) is 68.3. The fourth-order valence-electron chi connectivity index (χ4n) is 10.7. The van der Waals surface area contributed by atoms with Gasteiger partial charge in [0.25, 0.3) is 5.91 Å². The molecule has 0 saturated carbocycles. The van der Waals surface area contributed by atoms with Crippen molar-refractivity contribution in [3.63, 3.8) is 0 Å². The molecule has 0 aliphatic carbocycles. The lowest BCUT2D eigenvalue weighted by Crippen LogP contribution is -2.67. The minimum atomic E-state index is -2.68. The van der Waals surface area contributed by atoms with Gasteiger partial charge in [0, 0.05) is 41.2 Å². The molecular weight excluding hydrogens is 1130 g/mol. The third kappa shape index (κ3) is 22.7. The highest BCUT2D eigenvalue weighted by molar-refractivity contribution is 6.00. The van der Waals surface area contributed by atoms with E-state index in [1.807, 2.05) is 55.4 Å². The Balaban J connectivity index is 4.41. The molecule has 0 bridgehead atoms. The number of amides is 11. The Labute approximate surface area is 524 Å². The Morgan fingerprint density at radius 3 is 1.32 bits per heavy atom. The van der Waals surface area contributed by atoms with E-state index in [2.05, 4.69) is 31.9 Å². The van der Waals surface area contributed by atoms with Crippen molar-refractivity contribution < 1.29 is 68.1 Å². The van der Waals surface area contributed by atoms with Crippen molar-refractivity contribution >= 4 is 65.0 Å². The quantitative estimate of drug-likeness (QED) is 0.0941. The number of carbonyl (C=O) groups excluding carboxylic acids is 11. The van der Waals surface area contributed by atoms with Gasteiger partial charge in [0.05, 0.1) is 18.8 Å². The highest BCUT2D eigenvalue weighted by Crippen LogP contribution is 2.26. The average Bonchev–Trinajstić information content (AvgIpc) is 1.71. The number of hydrogen-bond acceptors (Lipinski definition) is 14. The van der Waals surface area contributed by atoms with E-state index in [9.17, 15) is 63.3 Å². The summed E-state index contributed by atoms with van der Waals surface area (Å²) in [5, 5.41) is 51.0. The van der Waals surface area contributed by atoms with Gasteiger partial charge in [-0.1, -0.05) is 116 Å². The molecule has 504 valence electrons. The number of carbonyl (C=O) groups is 11. The maximum Gasteiger partial charge on any atom is 0.276 e. The molecule has 0 aromatic carbocycles. The number of hydrogen-bond donors (Lipinski definition) is 9. The summed E-state index contributed by atoms with van der Waals surface area (Å²) in [6, 6.07) is -12.7. The molecule has 0 unspecified atom stereocenters. The van der Waals surface area contributed by atoms with Crippen LogP contribution < -0.4 is 31.9 Å². The summed E-state index contributed by atoms with van der Waals surface area (Å²) in [4.78, 5) is 166. The Morgan fingerprint density at radius 2 is 0.909 bits per heavy atom. The highest BCUT2D eigenvalue weighted by Gasteiger charge is 2.48. The molecule has 0 radical (unpaired) electrons. The van der Waals surface area contributed by atoms with Crippen LogP contribution >= 0.6 is 0 Å². The molecule has 0 spiro atoms. The van der Waals surface area contributed by atoms with E-state index in [1.165, 1.54) is 67.8 Å². The van der Waals surface area contributed by atoms with Crippen molar-refractivity contribution in [1.29, 1.82) is 0 Å². The smallest absolute Gasteiger partial charge is 0.276 e. The van der Waals surface area contributed by atoms with Gasteiger partial charge in [0.15, 0.2) is 0 Å². The monoisotopic (exact) mass is 1250 g/mol. The topological polar surface area (TPSA) is 337 Å². The van der Waals surface area contributed by atoms with Crippen LogP contribution in [0.4, 0.5) is 0 Å². The molecular formula is C63H113N11O14. The second-order valence-electron chi connectivity index (χ2n) is 27.1. The Bertz CT molecular complexity index is 2410. The third-order valence-electron chi connectivity index (χ3n) is 16.1. The van der Waals surface area contributed by atoms with E-state index in [4.69, 9.17) is 0 Å². The van der Waals surface area contributed by atoms with E-state index < -0.39 is 162 Å². The Kier molecular flexibility index (Phi) is 32.5. The van der Waals surface area contributed by atoms with Crippen LogP contribution in [0.5, 0.6) is 0 Å². The molecule has 25 nitrogen and oxygen atoms in total. The lowest BCUT2D eigenvalue weighted by Gasteiger charge is -2.40. The van der Waals surface area contributed by atoms with Gasteiger partial charge in [-0.05, 0) is 101 Å². The number of aliphatic hydroxyl groups excluding tert-OH is 2. The lowest BCUT2D eigenvalue weighted by molar-refractivity contribution is -0.168. The first kappa shape index (κ1) is 79.8. The minimum Gasteiger partial charge on any atom is -0.391 e. The Morgan fingerprint density at radius 1 is 0.500 bits per heavy atom. The molecule has 11 amide bonds. The second kappa shape index (κ2) is 35.8. The van der Waals surface area contributed by atoms with E-state index in [0.717, 1.165) is 19.6 Å². The van der Waals surface area contributed by atoms with Crippen LogP contribution in [-0.4, -0.2) is 219 Å². The first-order valence-electron chi connectivity index (χ1n) is 31.3. The fraction of sp³-hybridized carbons (Fsp3) is 0.794. The number of nitrogens with zero attached hydrogens (tertiary/aromatic N) is 5. The van der Waals surface area contributed by atoms with E-state index in [1.54, 1.807) is 53.7 Å². The lowest BCUT2D eigenvalue weighted by atomic mass is 9.91. The van der Waals surface area contributed by atoms with Crippen molar-refractivity contribution in [3.8, 4) is 0 Å². The number of aliphatic hydroxyl groups is 3. The van der Waals surface area contributed by atoms with Crippen molar-refractivity contribution in [2.24, 2.45) is 47.3 Å². The molecule has 1 saturated heterocycles. The SMILES string of the molecule is C/C=C/C[C@@H](C)[C@@H](O)[C@H]1C(=O)N[C@@H]([C@@H](C)O)C(=O)NCC(=O)N(C)[C@H](CC(C)C)C(=O)N[C@@H](CC(C)C)C(=O)N(C)[C@H](CC(C)C)C(=O)N[C@@H](C)C(=O)N[C@](O)(C(C)C)C(=O)N(C)[C@@H](CC(C)C)C(=O)N[C@@H](CC(C)C)C(=O)N(C)[C@@H](C(C)C)C(=O)N1C. The summed E-state index contributed by atoms with van der Waals surface area (Å²) < 4.78 is 0. The predicted molar refractivity (Wildman–Crippen MR) is 336 cm³/mol. The van der Waals surface area contributed by atoms with Crippen LogP contribution in [0, 0.1) is 47.3 Å². The zero-order valence-electron chi connectivity index (χ0n) is 57.1. The maximum absolute atomic E-state index is 15.1. The zero-order valence-corrected chi connectivity index (χ0v) is 57.1. The molecule has 25 heteroatoms. The summed E-state index contributed by atoms with van der Waals surface area (Å²) in [5.41, 5.74) is -2.68. The van der Waals surface area contributed by atoms with Crippen LogP contribution in [0.2, 0.25) is 0 Å². The molecule has 1 aliphatic heterocycles. The largest absolute Gasteiger partial charge is 0.391 e. The van der Waals surface area contributed by atoms with Crippen molar-refractivity contribution in [3.05, 3.63) is 12.2 Å². The van der Waals surface area contributed by atoms with Crippen molar-refractivity contribution in [1.82, 2.24) is 56.4 Å². The summed E-state index contributed by atoms with van der Waals surface area (Å²) in [6.45, 7) is 29.6. The number of allylic oxidation sites excluding steroid dienone is 2. The molecule has 1 heterocycles. The van der Waals surface area contributed by atoms with Gasteiger partial charge in [-0.3, -0.25) is 52.7 Å². The standard InChI is InChI=1S/C63H113N11O14/c1-24-25-26-40(16)52(77)51-58(83)68-49(42(18)75)57(82)64-32-48(76)70(19)45(29-35(6)7)55(80)66-43(27-33(2)3)59(84)71(20)46(30-36(8)9)54(79)65-41(17)53(78)69-63(88,39(14)15)62(87)72(21)47(31-37(10)11)56(81)67-44(28-34(4)5)60(85)73(22)50(38(12)13)61(86)74(51)23/h24-25,33-47,49-52,75,77,88H,26-32H2,1-23H3,(H,64,82)(H,65,79)(H,66,80)(H,67,81)(H,68,83)(H,69,78)/b25-24+/t40-,41+,42-,43+,44+,45-,46-,47+,49+,50+,51+,52-,63+/m1/s1. The van der Waals surface area contributed by atoms with Gasteiger partial charge in [-0.25, -0.2) is 0 Å². The van der Waals surface area contributed by atoms with Gasteiger partial charge in [0.1, 0.15) is 54.4 Å². The average molecular weight is 1250 g/mol. The van der Waals surface area contributed by atoms with Gasteiger partial charge in [0.2, 0.25) is 64.8 Å². The Hall–Kier alpha value is -6.21. The van der Waals surface area contributed by atoms with Crippen LogP contribution in [0.25, 0.3) is 0 Å². The third-order valence-corrected chi connectivity index (χ3v) is 16.1. The van der Waals surface area contributed by atoms with Crippen LogP contribution in [0.15, 0.2) is 12.2 Å². The molecule has 1 aliphatic rings. The van der Waals surface area contributed by atoms with Crippen molar-refractivity contribution in [2.45, 2.75) is 235 Å². The molecule has 13 atom stereocenters.